The Hall–Kier alpha value is -2.35. The van der Waals surface area contributed by atoms with Crippen LogP contribution in [0.3, 0.4) is 0 Å². The summed E-state index contributed by atoms with van der Waals surface area (Å²) in [4.78, 5) is 0. The minimum absolute atomic E-state index is 0.194. The average molecular weight is 392 g/mol. The molecule has 0 aromatic heterocycles. The second-order valence-corrected chi connectivity index (χ2v) is 9.79. The van der Waals surface area contributed by atoms with Crippen molar-refractivity contribution in [2.24, 2.45) is 0 Å². The largest absolute Gasteiger partial charge is 0.507 e. The Bertz CT molecular complexity index is 897. The molecule has 0 saturated heterocycles. The van der Waals surface area contributed by atoms with Gasteiger partial charge in [-0.15, -0.1) is 6.58 Å². The first-order valence-electron chi connectivity index (χ1n) is 10.6. The highest BCUT2D eigenvalue weighted by Gasteiger charge is 2.26. The van der Waals surface area contributed by atoms with Crippen molar-refractivity contribution in [2.75, 3.05) is 0 Å². The molecule has 0 aliphatic carbocycles. The third-order valence-electron chi connectivity index (χ3n) is 5.46. The number of hydrogen-bond acceptors (Lipinski definition) is 2. The Morgan fingerprint density at radius 3 is 1.97 bits per heavy atom. The third kappa shape index (κ3) is 4.80. The molecular weight excluding hydrogens is 354 g/mol. The molecule has 2 nitrogen and oxygen atoms in total. The van der Waals surface area contributed by atoms with Crippen molar-refractivity contribution < 1.29 is 5.11 Å². The van der Waals surface area contributed by atoms with Gasteiger partial charge in [-0.05, 0) is 58.9 Å². The zero-order valence-electron chi connectivity index (χ0n) is 19.4. The van der Waals surface area contributed by atoms with E-state index in [-0.39, 0.29) is 23.0 Å². The Labute approximate surface area is 177 Å². The molecule has 156 valence electrons. The Morgan fingerprint density at radius 2 is 1.55 bits per heavy atom. The number of rotatable bonds is 6. The summed E-state index contributed by atoms with van der Waals surface area (Å²) in [6.45, 7) is 20.9. The fourth-order valence-corrected chi connectivity index (χ4v) is 3.91. The van der Waals surface area contributed by atoms with Gasteiger partial charge in [0.15, 0.2) is 0 Å². The van der Waals surface area contributed by atoms with E-state index in [4.69, 9.17) is 0 Å². The van der Waals surface area contributed by atoms with Crippen LogP contribution in [0.1, 0.15) is 99.2 Å². The van der Waals surface area contributed by atoms with Crippen molar-refractivity contribution in [1.82, 2.24) is 0 Å². The number of aromatic hydroxyl groups is 1. The van der Waals surface area contributed by atoms with Crippen LogP contribution < -0.4 is 0 Å². The lowest BCUT2D eigenvalue weighted by Gasteiger charge is -2.26. The number of aryl methyl sites for hydroxylation is 1. The molecule has 0 heterocycles. The second-order valence-electron chi connectivity index (χ2n) is 9.79. The molecule has 2 aromatic rings. The Balaban J connectivity index is 2.82. The van der Waals surface area contributed by atoms with Crippen molar-refractivity contribution in [3.63, 3.8) is 0 Å². The van der Waals surface area contributed by atoms with Gasteiger partial charge in [0.2, 0.25) is 0 Å². The number of phenolic OH excluding ortho intramolecular Hbond substituents is 1. The highest BCUT2D eigenvalue weighted by atomic mass is 16.3. The van der Waals surface area contributed by atoms with Crippen LogP contribution >= 0.6 is 0 Å². The zero-order valence-corrected chi connectivity index (χ0v) is 19.4. The van der Waals surface area contributed by atoms with Gasteiger partial charge in [0.1, 0.15) is 5.75 Å². The van der Waals surface area contributed by atoms with Crippen molar-refractivity contribution in [2.45, 2.75) is 79.1 Å². The summed E-state index contributed by atoms with van der Waals surface area (Å²) in [5.74, 6) is 0.788. The van der Waals surface area contributed by atoms with Crippen LogP contribution in [-0.4, -0.2) is 10.8 Å². The van der Waals surface area contributed by atoms with Crippen LogP contribution in [0.5, 0.6) is 5.75 Å². The standard InChI is InChI=1S/C27H37NO/c1-10-11-19-14-20(16(2)3)24(21(15-19)17(4)5)25(28)22-12-18(6)13-23(26(22)29)27(7,8)9/h10,12-17,28-29H,1,11H2,2-9H3. The molecule has 2 aromatic carbocycles. The molecule has 0 saturated carbocycles. The molecular formula is C27H37NO. The summed E-state index contributed by atoms with van der Waals surface area (Å²) < 4.78 is 0. The van der Waals surface area contributed by atoms with Gasteiger partial charge in [0.25, 0.3) is 0 Å². The van der Waals surface area contributed by atoms with E-state index in [9.17, 15) is 10.5 Å². The topological polar surface area (TPSA) is 44.1 Å². The molecule has 29 heavy (non-hydrogen) atoms. The first-order chi connectivity index (χ1) is 13.4. The summed E-state index contributed by atoms with van der Waals surface area (Å²) in [7, 11) is 0. The number of phenols is 1. The van der Waals surface area contributed by atoms with Gasteiger partial charge < -0.3 is 5.11 Å². The molecule has 0 amide bonds. The van der Waals surface area contributed by atoms with Crippen LogP contribution in [0.2, 0.25) is 0 Å². The first-order valence-corrected chi connectivity index (χ1v) is 10.6. The summed E-state index contributed by atoms with van der Waals surface area (Å²) in [6.07, 6.45) is 2.74. The van der Waals surface area contributed by atoms with Gasteiger partial charge in [0, 0.05) is 16.7 Å². The molecule has 0 aliphatic rings. The van der Waals surface area contributed by atoms with Crippen molar-refractivity contribution in [3.05, 3.63) is 75.9 Å². The average Bonchev–Trinajstić information content (AvgIpc) is 2.61. The van der Waals surface area contributed by atoms with Gasteiger partial charge in [-0.1, -0.05) is 72.7 Å². The van der Waals surface area contributed by atoms with Crippen LogP contribution in [0.25, 0.3) is 0 Å². The molecule has 2 heteroatoms. The first kappa shape index (κ1) is 22.9. The summed E-state index contributed by atoms with van der Waals surface area (Å²) in [5.41, 5.74) is 7.31. The SMILES string of the molecule is C=CCc1cc(C(C)C)c(C(=N)c2cc(C)cc(C(C)(C)C)c2O)c(C(C)C)c1. The highest BCUT2D eigenvalue weighted by molar-refractivity contribution is 6.14. The van der Waals surface area contributed by atoms with Gasteiger partial charge in [-0.3, -0.25) is 5.41 Å². The minimum Gasteiger partial charge on any atom is -0.507 e. The maximum absolute atomic E-state index is 11.1. The second kappa shape index (κ2) is 8.57. The van der Waals surface area contributed by atoms with E-state index < -0.39 is 0 Å². The molecule has 0 aliphatic heterocycles. The quantitative estimate of drug-likeness (QED) is 0.391. The molecule has 2 N–H and O–H groups in total. The monoisotopic (exact) mass is 391 g/mol. The van der Waals surface area contributed by atoms with Crippen molar-refractivity contribution >= 4 is 5.71 Å². The maximum atomic E-state index is 11.1. The smallest absolute Gasteiger partial charge is 0.128 e. The minimum atomic E-state index is -0.194. The molecule has 0 atom stereocenters. The van der Waals surface area contributed by atoms with Crippen LogP contribution in [0, 0.1) is 12.3 Å². The zero-order chi connectivity index (χ0) is 22.1. The maximum Gasteiger partial charge on any atom is 0.128 e. The lowest BCUT2D eigenvalue weighted by molar-refractivity contribution is 0.445. The lowest BCUT2D eigenvalue weighted by Crippen LogP contribution is -2.16. The third-order valence-corrected chi connectivity index (χ3v) is 5.46. The van der Waals surface area contributed by atoms with E-state index in [1.54, 1.807) is 0 Å². The highest BCUT2D eigenvalue weighted by Crippen LogP contribution is 2.38. The molecule has 0 spiro atoms. The van der Waals surface area contributed by atoms with Gasteiger partial charge in [-0.2, -0.15) is 0 Å². The number of nitrogens with one attached hydrogen (secondary N) is 1. The fraction of sp³-hybridized carbons (Fsp3) is 0.444. The van der Waals surface area contributed by atoms with Gasteiger partial charge in [0.05, 0.1) is 5.71 Å². The van der Waals surface area contributed by atoms with E-state index in [0.717, 1.165) is 34.2 Å². The number of allylic oxidation sites excluding steroid dienone is 1. The van der Waals surface area contributed by atoms with Crippen molar-refractivity contribution in [3.8, 4) is 5.75 Å². The number of hydrogen-bond donors (Lipinski definition) is 2. The van der Waals surface area contributed by atoms with E-state index in [0.29, 0.717) is 11.3 Å². The normalized spacial score (nSPS) is 11.9. The van der Waals surface area contributed by atoms with Crippen molar-refractivity contribution in [1.29, 1.82) is 5.41 Å². The predicted molar refractivity (Wildman–Crippen MR) is 126 cm³/mol. The van der Waals surface area contributed by atoms with E-state index in [1.807, 2.05) is 25.1 Å². The molecule has 0 bridgehead atoms. The molecule has 2 rings (SSSR count). The lowest BCUT2D eigenvalue weighted by atomic mass is 9.79. The number of benzene rings is 2. The molecule has 0 unspecified atom stereocenters. The Kier molecular flexibility index (Phi) is 6.78. The Morgan fingerprint density at radius 1 is 1.03 bits per heavy atom. The predicted octanol–water partition coefficient (Wildman–Crippen LogP) is 7.39. The summed E-state index contributed by atoms with van der Waals surface area (Å²) in [6, 6.07) is 8.39. The van der Waals surface area contributed by atoms with E-state index in [1.165, 1.54) is 5.56 Å². The van der Waals surface area contributed by atoms with E-state index >= 15 is 0 Å². The summed E-state index contributed by atoms with van der Waals surface area (Å²) >= 11 is 0. The summed E-state index contributed by atoms with van der Waals surface area (Å²) in [5, 5.41) is 20.3. The van der Waals surface area contributed by atoms with Gasteiger partial charge >= 0.3 is 0 Å². The van der Waals surface area contributed by atoms with Crippen LogP contribution in [-0.2, 0) is 11.8 Å². The fourth-order valence-electron chi connectivity index (χ4n) is 3.91. The van der Waals surface area contributed by atoms with Crippen LogP contribution in [0.15, 0.2) is 36.9 Å². The molecule has 0 radical (unpaired) electrons. The van der Waals surface area contributed by atoms with E-state index in [2.05, 4.69) is 67.2 Å². The van der Waals surface area contributed by atoms with Crippen LogP contribution in [0.4, 0.5) is 0 Å². The molecule has 0 fully saturated rings. The van der Waals surface area contributed by atoms with Gasteiger partial charge in [-0.25, -0.2) is 0 Å².